The van der Waals surface area contributed by atoms with Crippen molar-refractivity contribution in [3.8, 4) is 11.1 Å². The van der Waals surface area contributed by atoms with Gasteiger partial charge in [0, 0.05) is 18.2 Å². The third kappa shape index (κ3) is 2.92. The lowest BCUT2D eigenvalue weighted by Crippen LogP contribution is -2.37. The zero-order valence-electron chi connectivity index (χ0n) is 11.3. The van der Waals surface area contributed by atoms with Gasteiger partial charge in [0.05, 0.1) is 4.88 Å². The van der Waals surface area contributed by atoms with Gasteiger partial charge in [0.2, 0.25) is 0 Å². The molecule has 1 aromatic carbocycles. The van der Waals surface area contributed by atoms with Crippen LogP contribution in [0.25, 0.3) is 11.1 Å². The maximum absolute atomic E-state index is 12.3. The third-order valence-corrected chi connectivity index (χ3v) is 4.54. The van der Waals surface area contributed by atoms with Gasteiger partial charge in [-0.3, -0.25) is 4.79 Å². The zero-order valence-corrected chi connectivity index (χ0v) is 12.1. The molecule has 104 valence electrons. The lowest BCUT2D eigenvalue weighted by Gasteiger charge is -2.11. The first-order chi connectivity index (χ1) is 9.84. The van der Waals surface area contributed by atoms with Gasteiger partial charge in [-0.1, -0.05) is 30.3 Å². The van der Waals surface area contributed by atoms with Gasteiger partial charge in [-0.2, -0.15) is 0 Å². The lowest BCUT2D eigenvalue weighted by atomic mass is 10.1. The van der Waals surface area contributed by atoms with Crippen LogP contribution in [0.4, 0.5) is 0 Å². The first-order valence-electron chi connectivity index (χ1n) is 6.99. The van der Waals surface area contributed by atoms with Gasteiger partial charge in [0.25, 0.3) is 5.91 Å². The van der Waals surface area contributed by atoms with Crippen molar-refractivity contribution >= 4 is 17.2 Å². The van der Waals surface area contributed by atoms with Crippen molar-refractivity contribution < 1.29 is 4.79 Å². The third-order valence-electron chi connectivity index (χ3n) is 3.63. The molecule has 1 fully saturated rings. The van der Waals surface area contributed by atoms with Crippen LogP contribution in [0.5, 0.6) is 0 Å². The van der Waals surface area contributed by atoms with E-state index >= 15 is 0 Å². The normalized spacial score (nSPS) is 18.1. The molecule has 3 rings (SSSR count). The van der Waals surface area contributed by atoms with Crippen LogP contribution in [-0.2, 0) is 0 Å². The average Bonchev–Trinajstić information content (AvgIpc) is 3.17. The fourth-order valence-corrected chi connectivity index (χ4v) is 3.39. The molecule has 1 unspecified atom stereocenters. The molecule has 0 radical (unpaired) electrons. The Morgan fingerprint density at radius 3 is 2.90 bits per heavy atom. The van der Waals surface area contributed by atoms with Gasteiger partial charge in [-0.05, 0) is 36.4 Å². The van der Waals surface area contributed by atoms with E-state index in [1.807, 2.05) is 41.8 Å². The molecule has 20 heavy (non-hydrogen) atoms. The van der Waals surface area contributed by atoms with Crippen molar-refractivity contribution in [1.29, 1.82) is 0 Å². The molecule has 2 heterocycles. The molecule has 0 spiro atoms. The van der Waals surface area contributed by atoms with Crippen molar-refractivity contribution in [1.82, 2.24) is 10.6 Å². The molecule has 0 saturated carbocycles. The molecule has 2 N–H and O–H groups in total. The Labute approximate surface area is 123 Å². The molecule has 4 heteroatoms. The van der Waals surface area contributed by atoms with Crippen LogP contribution >= 0.6 is 11.3 Å². The van der Waals surface area contributed by atoms with E-state index in [1.165, 1.54) is 17.8 Å². The number of rotatable bonds is 4. The Kier molecular flexibility index (Phi) is 4.14. The Balaban J connectivity index is 1.70. The number of benzene rings is 1. The minimum atomic E-state index is 0.0348. The quantitative estimate of drug-likeness (QED) is 0.907. The topological polar surface area (TPSA) is 41.1 Å². The van der Waals surface area contributed by atoms with Crippen molar-refractivity contribution in [3.05, 3.63) is 46.7 Å². The van der Waals surface area contributed by atoms with E-state index in [2.05, 4.69) is 10.6 Å². The van der Waals surface area contributed by atoms with Crippen LogP contribution in [0.15, 0.2) is 41.8 Å². The first-order valence-corrected chi connectivity index (χ1v) is 7.87. The highest BCUT2D eigenvalue weighted by Crippen LogP contribution is 2.28. The Bertz CT molecular complexity index is 573. The van der Waals surface area contributed by atoms with Gasteiger partial charge in [-0.15, -0.1) is 11.3 Å². The maximum atomic E-state index is 12.3. The number of carbonyl (C=O) groups is 1. The first kappa shape index (κ1) is 13.3. The summed E-state index contributed by atoms with van der Waals surface area (Å²) < 4.78 is 0. The van der Waals surface area contributed by atoms with Gasteiger partial charge >= 0.3 is 0 Å². The number of carbonyl (C=O) groups excluding carboxylic acids is 1. The summed E-state index contributed by atoms with van der Waals surface area (Å²) in [5.74, 6) is 0.0348. The van der Waals surface area contributed by atoms with E-state index in [1.54, 1.807) is 0 Å². The number of amides is 1. The van der Waals surface area contributed by atoms with Gasteiger partial charge in [0.15, 0.2) is 0 Å². The molecule has 1 saturated heterocycles. The van der Waals surface area contributed by atoms with E-state index < -0.39 is 0 Å². The molecule has 1 aliphatic heterocycles. The van der Waals surface area contributed by atoms with Crippen LogP contribution in [0, 0.1) is 0 Å². The number of hydrogen-bond acceptors (Lipinski definition) is 3. The molecule has 3 nitrogen and oxygen atoms in total. The summed E-state index contributed by atoms with van der Waals surface area (Å²) in [5, 5.41) is 8.42. The van der Waals surface area contributed by atoms with E-state index in [0.717, 1.165) is 29.0 Å². The monoisotopic (exact) mass is 286 g/mol. The van der Waals surface area contributed by atoms with E-state index in [-0.39, 0.29) is 5.91 Å². The smallest absolute Gasteiger partial charge is 0.262 e. The van der Waals surface area contributed by atoms with Gasteiger partial charge in [0.1, 0.15) is 0 Å². The highest BCUT2D eigenvalue weighted by molar-refractivity contribution is 7.12. The molecule has 1 amide bonds. The van der Waals surface area contributed by atoms with Crippen LogP contribution in [0.3, 0.4) is 0 Å². The Morgan fingerprint density at radius 2 is 2.15 bits per heavy atom. The van der Waals surface area contributed by atoms with Gasteiger partial charge in [-0.25, -0.2) is 0 Å². The Morgan fingerprint density at radius 1 is 1.30 bits per heavy atom. The summed E-state index contributed by atoms with van der Waals surface area (Å²) >= 11 is 1.50. The minimum Gasteiger partial charge on any atom is -0.350 e. The molecule has 1 aromatic heterocycles. The SMILES string of the molecule is O=C(NCC1CCCN1)c1sccc1-c1ccccc1. The summed E-state index contributed by atoms with van der Waals surface area (Å²) in [6.45, 7) is 1.78. The predicted molar refractivity (Wildman–Crippen MR) is 83.1 cm³/mol. The van der Waals surface area contributed by atoms with Crippen LogP contribution < -0.4 is 10.6 Å². The maximum Gasteiger partial charge on any atom is 0.262 e. The second kappa shape index (κ2) is 6.20. The standard InChI is InChI=1S/C16H18N2OS/c19-16(18-11-13-7-4-9-17-13)15-14(8-10-20-15)12-5-2-1-3-6-12/h1-3,5-6,8,10,13,17H,4,7,9,11H2,(H,18,19). The number of hydrogen-bond donors (Lipinski definition) is 2. The van der Waals surface area contributed by atoms with Gasteiger partial charge < -0.3 is 10.6 Å². The summed E-state index contributed by atoms with van der Waals surface area (Å²) in [4.78, 5) is 13.1. The van der Waals surface area contributed by atoms with Crippen molar-refractivity contribution in [3.63, 3.8) is 0 Å². The molecule has 2 aromatic rings. The van der Waals surface area contributed by atoms with Crippen molar-refractivity contribution in [2.45, 2.75) is 18.9 Å². The Hall–Kier alpha value is -1.65. The van der Waals surface area contributed by atoms with Crippen molar-refractivity contribution in [2.24, 2.45) is 0 Å². The summed E-state index contributed by atoms with van der Waals surface area (Å²) in [5.41, 5.74) is 2.12. The molecule has 0 aliphatic carbocycles. The minimum absolute atomic E-state index is 0.0348. The largest absolute Gasteiger partial charge is 0.350 e. The second-order valence-corrected chi connectivity index (χ2v) is 5.95. The zero-order chi connectivity index (χ0) is 13.8. The predicted octanol–water partition coefficient (Wildman–Crippen LogP) is 2.90. The highest BCUT2D eigenvalue weighted by Gasteiger charge is 2.18. The molecule has 1 atom stereocenters. The fourth-order valence-electron chi connectivity index (χ4n) is 2.56. The van der Waals surface area contributed by atoms with E-state index in [0.29, 0.717) is 12.6 Å². The van der Waals surface area contributed by atoms with Crippen LogP contribution in [0.1, 0.15) is 22.5 Å². The fraction of sp³-hybridized carbons (Fsp3) is 0.312. The van der Waals surface area contributed by atoms with E-state index in [4.69, 9.17) is 0 Å². The lowest BCUT2D eigenvalue weighted by molar-refractivity contribution is 0.0955. The summed E-state index contributed by atoms with van der Waals surface area (Å²) in [6, 6.07) is 12.5. The highest BCUT2D eigenvalue weighted by atomic mass is 32.1. The second-order valence-electron chi connectivity index (χ2n) is 5.03. The molecular weight excluding hydrogens is 268 g/mol. The molecule has 0 bridgehead atoms. The number of nitrogens with one attached hydrogen (secondary N) is 2. The summed E-state index contributed by atoms with van der Waals surface area (Å²) in [7, 11) is 0. The average molecular weight is 286 g/mol. The van der Waals surface area contributed by atoms with Crippen LogP contribution in [-0.4, -0.2) is 25.0 Å². The molecule has 1 aliphatic rings. The molecular formula is C16H18N2OS. The summed E-state index contributed by atoms with van der Waals surface area (Å²) in [6.07, 6.45) is 2.35. The van der Waals surface area contributed by atoms with Crippen molar-refractivity contribution in [2.75, 3.05) is 13.1 Å². The van der Waals surface area contributed by atoms with Crippen LogP contribution in [0.2, 0.25) is 0 Å². The number of thiophene rings is 1. The van der Waals surface area contributed by atoms with E-state index in [9.17, 15) is 4.79 Å².